The zero-order valence-electron chi connectivity index (χ0n) is 20.5. The van der Waals surface area contributed by atoms with Crippen molar-refractivity contribution in [1.82, 2.24) is 14.9 Å². The van der Waals surface area contributed by atoms with Crippen molar-refractivity contribution in [2.24, 2.45) is 0 Å². The molecule has 1 atom stereocenters. The Morgan fingerprint density at radius 1 is 1.11 bits per heavy atom. The van der Waals surface area contributed by atoms with Gasteiger partial charge in [-0.15, -0.1) is 0 Å². The van der Waals surface area contributed by atoms with E-state index in [0.717, 1.165) is 50.9 Å². The smallest absolute Gasteiger partial charge is 0.262 e. The van der Waals surface area contributed by atoms with E-state index in [1.165, 1.54) is 16.7 Å². The number of hydrogen-bond donors (Lipinski definition) is 1. The zero-order valence-corrected chi connectivity index (χ0v) is 21.3. The van der Waals surface area contributed by atoms with Gasteiger partial charge in [0.15, 0.2) is 5.16 Å². The van der Waals surface area contributed by atoms with Crippen molar-refractivity contribution in [3.63, 3.8) is 0 Å². The monoisotopic (exact) mass is 491 g/mol. The summed E-state index contributed by atoms with van der Waals surface area (Å²) < 4.78 is 7.61. The number of nitrogens with zero attached hydrogens (tertiary/aromatic N) is 2. The van der Waals surface area contributed by atoms with Gasteiger partial charge in [0.05, 0.1) is 23.6 Å². The summed E-state index contributed by atoms with van der Waals surface area (Å²) >= 11 is 1.57. The average Bonchev–Trinajstić information content (AvgIpc) is 3.56. The predicted molar refractivity (Wildman–Crippen MR) is 140 cm³/mol. The van der Waals surface area contributed by atoms with Crippen LogP contribution < -0.4 is 10.9 Å². The molecule has 1 N–H and O–H groups in total. The summed E-state index contributed by atoms with van der Waals surface area (Å²) in [5.74, 6) is 0.632. The van der Waals surface area contributed by atoms with Gasteiger partial charge in [-0.05, 0) is 68.9 Å². The summed E-state index contributed by atoms with van der Waals surface area (Å²) in [5, 5.41) is 4.35. The Labute approximate surface area is 210 Å². The van der Waals surface area contributed by atoms with Crippen molar-refractivity contribution in [2.75, 3.05) is 6.61 Å². The molecule has 0 spiro atoms. The SMILES string of the molecule is Cc1ccc(C)c(CSc2nc3cc(C(=O)NC4CCCC4)ccc3c(=O)n2C[C@H]2CCCO2)c1. The lowest BCUT2D eigenvalue weighted by Crippen LogP contribution is -2.32. The van der Waals surface area contributed by atoms with Gasteiger partial charge < -0.3 is 10.1 Å². The third-order valence-corrected chi connectivity index (χ3v) is 8.17. The number of carbonyl (C=O) groups is 1. The minimum Gasteiger partial charge on any atom is -0.376 e. The van der Waals surface area contributed by atoms with Crippen LogP contribution in [0.15, 0.2) is 46.3 Å². The Morgan fingerprint density at radius 2 is 1.94 bits per heavy atom. The summed E-state index contributed by atoms with van der Waals surface area (Å²) in [6.45, 7) is 5.44. The van der Waals surface area contributed by atoms with Gasteiger partial charge in [-0.25, -0.2) is 4.98 Å². The molecule has 2 fully saturated rings. The van der Waals surface area contributed by atoms with Crippen LogP contribution in [0.5, 0.6) is 0 Å². The average molecular weight is 492 g/mol. The first-order valence-electron chi connectivity index (χ1n) is 12.6. The molecule has 1 aliphatic heterocycles. The standard InChI is InChI=1S/C28H33N3O3S/c1-18-9-10-19(2)21(14-18)17-35-28-30-25-15-20(26(32)29-22-6-3-4-7-22)11-12-24(25)27(33)31(28)16-23-8-5-13-34-23/h9-12,14-15,22-23H,3-8,13,16-17H2,1-2H3,(H,29,32)/t23-/m1/s1. The number of aryl methyl sites for hydroxylation is 2. The van der Waals surface area contributed by atoms with E-state index in [-0.39, 0.29) is 23.6 Å². The molecule has 1 aromatic heterocycles. The van der Waals surface area contributed by atoms with Gasteiger partial charge in [0.25, 0.3) is 11.5 Å². The molecule has 0 radical (unpaired) electrons. The normalized spacial score (nSPS) is 18.4. The highest BCUT2D eigenvalue weighted by atomic mass is 32.2. The minimum atomic E-state index is -0.0891. The summed E-state index contributed by atoms with van der Waals surface area (Å²) in [4.78, 5) is 31.3. The van der Waals surface area contributed by atoms with Crippen LogP contribution >= 0.6 is 11.8 Å². The Bertz CT molecular complexity index is 1290. The molecule has 3 aromatic rings. The third-order valence-electron chi connectivity index (χ3n) is 7.14. The molecule has 1 amide bonds. The fraction of sp³-hybridized carbons (Fsp3) is 0.464. The molecule has 2 aliphatic rings. The molecular formula is C28H33N3O3S. The highest BCUT2D eigenvalue weighted by molar-refractivity contribution is 7.98. The van der Waals surface area contributed by atoms with Gasteiger partial charge in [0, 0.05) is 24.0 Å². The van der Waals surface area contributed by atoms with Crippen molar-refractivity contribution in [3.05, 3.63) is 69.0 Å². The molecule has 1 aliphatic carbocycles. The fourth-order valence-electron chi connectivity index (χ4n) is 5.04. The number of aromatic nitrogens is 2. The van der Waals surface area contributed by atoms with Gasteiger partial charge in [0.2, 0.25) is 0 Å². The van der Waals surface area contributed by atoms with Crippen LogP contribution in [0.2, 0.25) is 0 Å². The molecule has 35 heavy (non-hydrogen) atoms. The summed E-state index contributed by atoms with van der Waals surface area (Å²) in [6.07, 6.45) is 6.39. The second-order valence-electron chi connectivity index (χ2n) is 9.85. The number of hydrogen-bond acceptors (Lipinski definition) is 5. The Morgan fingerprint density at radius 3 is 2.71 bits per heavy atom. The number of nitrogens with one attached hydrogen (secondary N) is 1. The second-order valence-corrected chi connectivity index (χ2v) is 10.8. The summed E-state index contributed by atoms with van der Waals surface area (Å²) in [7, 11) is 0. The number of carbonyl (C=O) groups excluding carboxylic acids is 1. The van der Waals surface area contributed by atoms with Crippen molar-refractivity contribution in [1.29, 1.82) is 0 Å². The van der Waals surface area contributed by atoms with E-state index in [9.17, 15) is 9.59 Å². The molecule has 6 nitrogen and oxygen atoms in total. The van der Waals surface area contributed by atoms with E-state index in [1.807, 2.05) is 0 Å². The molecule has 7 heteroatoms. The maximum Gasteiger partial charge on any atom is 0.262 e. The molecule has 1 saturated carbocycles. The van der Waals surface area contributed by atoms with Crippen molar-refractivity contribution < 1.29 is 9.53 Å². The first-order valence-corrected chi connectivity index (χ1v) is 13.6. The summed E-state index contributed by atoms with van der Waals surface area (Å²) in [6, 6.07) is 11.9. The van der Waals surface area contributed by atoms with Gasteiger partial charge in [0.1, 0.15) is 0 Å². The zero-order chi connectivity index (χ0) is 24.4. The van der Waals surface area contributed by atoms with Crippen LogP contribution in [-0.2, 0) is 17.0 Å². The molecule has 2 heterocycles. The van der Waals surface area contributed by atoms with E-state index in [2.05, 4.69) is 37.4 Å². The van der Waals surface area contributed by atoms with E-state index < -0.39 is 0 Å². The van der Waals surface area contributed by atoms with E-state index in [0.29, 0.717) is 28.2 Å². The highest BCUT2D eigenvalue weighted by Gasteiger charge is 2.22. The van der Waals surface area contributed by atoms with E-state index in [1.54, 1.807) is 34.5 Å². The maximum absolute atomic E-state index is 13.6. The van der Waals surface area contributed by atoms with Crippen LogP contribution in [0.3, 0.4) is 0 Å². The van der Waals surface area contributed by atoms with Crippen LogP contribution in [0.4, 0.5) is 0 Å². The Kier molecular flexibility index (Phi) is 7.25. The lowest BCUT2D eigenvalue weighted by Gasteiger charge is -2.17. The van der Waals surface area contributed by atoms with E-state index in [4.69, 9.17) is 9.72 Å². The molecule has 0 unspecified atom stereocenters. The van der Waals surface area contributed by atoms with Gasteiger partial charge in [-0.3, -0.25) is 14.2 Å². The number of fused-ring (bicyclic) bond motifs is 1. The van der Waals surface area contributed by atoms with Gasteiger partial charge >= 0.3 is 0 Å². The number of amides is 1. The topological polar surface area (TPSA) is 73.2 Å². The van der Waals surface area contributed by atoms with Crippen LogP contribution in [-0.4, -0.2) is 34.2 Å². The quantitative estimate of drug-likeness (QED) is 0.365. The molecule has 1 saturated heterocycles. The van der Waals surface area contributed by atoms with Crippen molar-refractivity contribution in [2.45, 2.75) is 82.0 Å². The van der Waals surface area contributed by atoms with Gasteiger partial charge in [-0.1, -0.05) is 48.4 Å². The van der Waals surface area contributed by atoms with Crippen LogP contribution in [0, 0.1) is 13.8 Å². The maximum atomic E-state index is 13.6. The molecule has 5 rings (SSSR count). The van der Waals surface area contributed by atoms with Crippen LogP contribution in [0.1, 0.15) is 65.6 Å². The number of thioether (sulfide) groups is 1. The third kappa shape index (κ3) is 5.46. The Balaban J connectivity index is 1.48. The highest BCUT2D eigenvalue weighted by Crippen LogP contribution is 2.26. The molecular weight excluding hydrogens is 458 g/mol. The lowest BCUT2D eigenvalue weighted by atomic mass is 10.1. The largest absolute Gasteiger partial charge is 0.376 e. The van der Waals surface area contributed by atoms with Gasteiger partial charge in [-0.2, -0.15) is 0 Å². The van der Waals surface area contributed by atoms with Crippen LogP contribution in [0.25, 0.3) is 10.9 Å². The van der Waals surface area contributed by atoms with Crippen molar-refractivity contribution in [3.8, 4) is 0 Å². The minimum absolute atomic E-state index is 0.0310. The predicted octanol–water partition coefficient (Wildman–Crippen LogP) is 5.16. The molecule has 0 bridgehead atoms. The molecule has 184 valence electrons. The number of benzene rings is 2. The lowest BCUT2D eigenvalue weighted by molar-refractivity contribution is 0.0935. The molecule has 2 aromatic carbocycles. The summed E-state index contributed by atoms with van der Waals surface area (Å²) in [5.41, 5.74) is 4.73. The van der Waals surface area contributed by atoms with E-state index >= 15 is 0 Å². The first kappa shape index (κ1) is 24.1. The fourth-order valence-corrected chi connectivity index (χ4v) is 6.11. The number of ether oxygens (including phenoxy) is 1. The number of rotatable bonds is 7. The Hall–Kier alpha value is -2.64. The van der Waals surface area contributed by atoms with Crippen molar-refractivity contribution >= 4 is 28.6 Å². The second kappa shape index (κ2) is 10.5. The first-order chi connectivity index (χ1) is 17.0.